The quantitative estimate of drug-likeness (QED) is 0.612. The van der Waals surface area contributed by atoms with Gasteiger partial charge in [0.2, 0.25) is 0 Å². The summed E-state index contributed by atoms with van der Waals surface area (Å²) in [5.41, 5.74) is 0. The maximum atomic E-state index is 10.6. The molecular weight excluding hydrogens is 213 g/mol. The first-order valence-electron chi connectivity index (χ1n) is 2.18. The van der Waals surface area contributed by atoms with Gasteiger partial charge in [-0.05, 0) is 0 Å². The summed E-state index contributed by atoms with van der Waals surface area (Å²) in [5, 5.41) is 0. The van der Waals surface area contributed by atoms with E-state index in [1.807, 2.05) is 0 Å². The molecule has 0 aliphatic carbocycles. The summed E-state index contributed by atoms with van der Waals surface area (Å²) in [4.78, 5) is 12.2. The molecule has 0 aromatic rings. The van der Waals surface area contributed by atoms with Gasteiger partial charge in [-0.2, -0.15) is 0 Å². The second-order valence-electron chi connectivity index (χ2n) is 1.51. The molecule has 0 aliphatic heterocycles. The van der Waals surface area contributed by atoms with E-state index in [0.29, 0.717) is 0 Å². The van der Waals surface area contributed by atoms with Crippen LogP contribution in [-0.4, -0.2) is 51.6 Å². The minimum absolute atomic E-state index is 0.163. The van der Waals surface area contributed by atoms with E-state index in [1.54, 1.807) is 26.1 Å². The Morgan fingerprint density at radius 1 is 1.62 bits per heavy atom. The predicted molar refractivity (Wildman–Crippen MR) is 31.8 cm³/mol. The van der Waals surface area contributed by atoms with Crippen LogP contribution in [0.25, 0.3) is 0 Å². The molecule has 0 rings (SSSR count). The molecule has 3 nitrogen and oxygen atoms in total. The normalized spacial score (nSPS) is 8.88. The summed E-state index contributed by atoms with van der Waals surface area (Å²) in [6, 6.07) is 0. The first kappa shape index (κ1) is 8.23. The van der Waals surface area contributed by atoms with Gasteiger partial charge in [0.1, 0.15) is 0 Å². The van der Waals surface area contributed by atoms with E-state index in [1.165, 1.54) is 0 Å². The Hall–Kier alpha value is 0.229. The van der Waals surface area contributed by atoms with E-state index in [-0.39, 0.29) is 3.92 Å². The van der Waals surface area contributed by atoms with Crippen LogP contribution < -0.4 is 0 Å². The van der Waals surface area contributed by atoms with Crippen LogP contribution in [0.4, 0.5) is 4.79 Å². The van der Waals surface area contributed by atoms with Crippen LogP contribution in [0.2, 0.25) is 0 Å². The monoisotopic (exact) mass is 223 g/mol. The van der Waals surface area contributed by atoms with Crippen LogP contribution in [0.3, 0.4) is 0 Å². The van der Waals surface area contributed by atoms with E-state index >= 15 is 0 Å². The Labute approximate surface area is 59.8 Å². The number of amides is 1. The van der Waals surface area contributed by atoms with Gasteiger partial charge in [0.25, 0.3) is 0 Å². The van der Waals surface area contributed by atoms with Gasteiger partial charge in [-0.3, -0.25) is 0 Å². The second-order valence-corrected chi connectivity index (χ2v) is 4.47. The third-order valence-electron chi connectivity index (χ3n) is 0.596. The molecule has 0 aliphatic rings. The van der Waals surface area contributed by atoms with E-state index < -0.39 is 21.6 Å². The van der Waals surface area contributed by atoms with Gasteiger partial charge in [0.15, 0.2) is 0 Å². The minimum atomic E-state index is -1.16. The van der Waals surface area contributed by atoms with Crippen LogP contribution in [-0.2, 0) is 3.07 Å². The molecule has 2 radical (unpaired) electrons. The van der Waals surface area contributed by atoms with Gasteiger partial charge in [-0.1, -0.05) is 0 Å². The van der Waals surface area contributed by atoms with Crippen molar-refractivity contribution in [3.63, 3.8) is 0 Å². The van der Waals surface area contributed by atoms with Crippen molar-refractivity contribution in [3.05, 3.63) is 0 Å². The van der Waals surface area contributed by atoms with Gasteiger partial charge in [-0.25, -0.2) is 0 Å². The Balaban J connectivity index is 3.33. The number of carbonyl (C=O) groups excluding carboxylic acids is 1. The molecular formula is C4H9NO2Sn. The Morgan fingerprint density at radius 3 is 2.25 bits per heavy atom. The zero-order valence-corrected chi connectivity index (χ0v) is 8.12. The van der Waals surface area contributed by atoms with Gasteiger partial charge < -0.3 is 0 Å². The van der Waals surface area contributed by atoms with Crippen LogP contribution in [0.5, 0.6) is 0 Å². The zero-order valence-electron chi connectivity index (χ0n) is 5.26. The molecule has 0 saturated heterocycles. The molecule has 0 spiro atoms. The van der Waals surface area contributed by atoms with Crippen molar-refractivity contribution in [2.24, 2.45) is 0 Å². The first-order chi connectivity index (χ1) is 3.68. The molecule has 0 saturated carbocycles. The number of rotatable bonds is 2. The van der Waals surface area contributed by atoms with Gasteiger partial charge in [0.05, 0.1) is 0 Å². The standard InChI is InChI=1S/C3H6NO.CH3O.Sn/c1-4(2)3-5;1-2;/h1-2H3;1H3;/q;-1;+1. The van der Waals surface area contributed by atoms with Gasteiger partial charge in [0, 0.05) is 0 Å². The molecule has 0 aromatic carbocycles. The molecule has 4 heteroatoms. The van der Waals surface area contributed by atoms with E-state index in [9.17, 15) is 4.79 Å². The molecule has 8 heavy (non-hydrogen) atoms. The molecule has 0 bridgehead atoms. The molecule has 0 unspecified atom stereocenters. The van der Waals surface area contributed by atoms with E-state index in [0.717, 1.165) is 0 Å². The summed E-state index contributed by atoms with van der Waals surface area (Å²) in [5.74, 6) is 0. The Bertz CT molecular complexity index is 84.1. The summed E-state index contributed by atoms with van der Waals surface area (Å²) < 4.78 is 4.91. The Morgan fingerprint density at radius 2 is 2.12 bits per heavy atom. The molecule has 0 atom stereocenters. The number of nitrogens with zero attached hydrogens (tertiary/aromatic N) is 1. The molecule has 0 heterocycles. The topological polar surface area (TPSA) is 29.5 Å². The fourth-order valence-electron chi connectivity index (χ4n) is 0.179. The third-order valence-corrected chi connectivity index (χ3v) is 2.95. The maximum absolute atomic E-state index is 10.6. The average molecular weight is 222 g/mol. The molecule has 46 valence electrons. The summed E-state index contributed by atoms with van der Waals surface area (Å²) in [6.07, 6.45) is 0. The number of hydrogen-bond acceptors (Lipinski definition) is 2. The first-order valence-corrected chi connectivity index (χ1v) is 4.78. The molecule has 1 amide bonds. The molecule has 0 N–H and O–H groups in total. The van der Waals surface area contributed by atoms with E-state index in [4.69, 9.17) is 3.07 Å². The number of hydrogen-bond donors (Lipinski definition) is 0. The van der Waals surface area contributed by atoms with Crippen molar-refractivity contribution < 1.29 is 7.87 Å². The van der Waals surface area contributed by atoms with E-state index in [2.05, 4.69) is 0 Å². The fourth-order valence-corrected chi connectivity index (χ4v) is 1.20. The van der Waals surface area contributed by atoms with Crippen molar-refractivity contribution in [1.82, 2.24) is 4.90 Å². The van der Waals surface area contributed by atoms with Crippen molar-refractivity contribution >= 4 is 25.5 Å². The molecule has 0 aromatic heterocycles. The van der Waals surface area contributed by atoms with Crippen molar-refractivity contribution in [2.75, 3.05) is 21.2 Å². The van der Waals surface area contributed by atoms with Crippen LogP contribution in [0, 0.1) is 0 Å². The van der Waals surface area contributed by atoms with Crippen LogP contribution in [0.1, 0.15) is 0 Å². The van der Waals surface area contributed by atoms with Crippen LogP contribution in [0.15, 0.2) is 0 Å². The van der Waals surface area contributed by atoms with Gasteiger partial charge in [-0.15, -0.1) is 0 Å². The summed E-state index contributed by atoms with van der Waals surface area (Å²) in [7, 11) is 5.05. The van der Waals surface area contributed by atoms with Crippen molar-refractivity contribution in [3.8, 4) is 0 Å². The number of carbonyl (C=O) groups is 1. The fraction of sp³-hybridized carbons (Fsp3) is 0.750. The predicted octanol–water partition coefficient (Wildman–Crippen LogP) is -0.0664. The SMILES string of the molecule is C[O][Sn][C](=O)N(C)C. The van der Waals surface area contributed by atoms with Gasteiger partial charge >= 0.3 is 59.5 Å². The zero-order chi connectivity index (χ0) is 6.57. The molecule has 0 fully saturated rings. The summed E-state index contributed by atoms with van der Waals surface area (Å²) >= 11 is -1.16. The Kier molecular flexibility index (Phi) is 4.26. The van der Waals surface area contributed by atoms with Crippen molar-refractivity contribution in [2.45, 2.75) is 0 Å². The second kappa shape index (κ2) is 4.14. The third kappa shape index (κ3) is 3.26. The van der Waals surface area contributed by atoms with Crippen molar-refractivity contribution in [1.29, 1.82) is 0 Å². The van der Waals surface area contributed by atoms with Crippen LogP contribution >= 0.6 is 0 Å². The average Bonchev–Trinajstić information content (AvgIpc) is 1.67. The summed E-state index contributed by atoms with van der Waals surface area (Å²) in [6.45, 7) is 0.